The maximum atomic E-state index is 12.2. The largest absolute Gasteiger partial charge is 0.493 e. The van der Waals surface area contributed by atoms with E-state index < -0.39 is 0 Å². The van der Waals surface area contributed by atoms with E-state index in [0.29, 0.717) is 12.2 Å². The number of aryl methyl sites for hydroxylation is 1. The molecule has 4 heteroatoms. The normalized spacial score (nSPS) is 12.7. The van der Waals surface area contributed by atoms with Gasteiger partial charge in [-0.3, -0.25) is 4.79 Å². The fourth-order valence-corrected chi connectivity index (χ4v) is 2.50. The molecule has 1 aliphatic heterocycles. The summed E-state index contributed by atoms with van der Waals surface area (Å²) < 4.78 is 6.48. The fourth-order valence-electron chi connectivity index (χ4n) is 2.25. The molecule has 3 nitrogen and oxygen atoms in total. The van der Waals surface area contributed by atoms with Crippen molar-refractivity contribution in [2.75, 3.05) is 11.9 Å². The zero-order chi connectivity index (χ0) is 14.1. The van der Waals surface area contributed by atoms with Crippen LogP contribution in [0.1, 0.15) is 21.5 Å². The van der Waals surface area contributed by atoms with Gasteiger partial charge < -0.3 is 10.1 Å². The first-order valence-electron chi connectivity index (χ1n) is 6.47. The highest BCUT2D eigenvalue weighted by atomic mass is 79.9. The molecular weight excluding hydrogens is 318 g/mol. The van der Waals surface area contributed by atoms with Gasteiger partial charge in [0.05, 0.1) is 6.61 Å². The van der Waals surface area contributed by atoms with Crippen molar-refractivity contribution in [1.82, 2.24) is 0 Å². The number of benzene rings is 2. The van der Waals surface area contributed by atoms with Crippen LogP contribution in [0, 0.1) is 6.92 Å². The lowest BCUT2D eigenvalue weighted by Gasteiger charge is -2.08. The minimum Gasteiger partial charge on any atom is -0.493 e. The van der Waals surface area contributed by atoms with Crippen LogP contribution in [0.5, 0.6) is 5.75 Å². The Morgan fingerprint density at radius 3 is 2.90 bits per heavy atom. The molecule has 0 unspecified atom stereocenters. The van der Waals surface area contributed by atoms with Gasteiger partial charge in [0, 0.05) is 22.1 Å². The molecule has 1 amide bonds. The summed E-state index contributed by atoms with van der Waals surface area (Å²) in [4.78, 5) is 12.2. The van der Waals surface area contributed by atoms with E-state index in [1.54, 1.807) is 6.07 Å². The van der Waals surface area contributed by atoms with E-state index in [1.807, 2.05) is 37.3 Å². The van der Waals surface area contributed by atoms with Gasteiger partial charge >= 0.3 is 0 Å². The molecule has 20 heavy (non-hydrogen) atoms. The van der Waals surface area contributed by atoms with E-state index in [0.717, 1.165) is 33.5 Å². The highest BCUT2D eigenvalue weighted by Gasteiger charge is 2.15. The van der Waals surface area contributed by atoms with Gasteiger partial charge in [0.15, 0.2) is 0 Å². The summed E-state index contributed by atoms with van der Waals surface area (Å²) in [6.45, 7) is 2.69. The molecule has 0 fully saturated rings. The number of rotatable bonds is 2. The van der Waals surface area contributed by atoms with Crippen LogP contribution < -0.4 is 10.1 Å². The summed E-state index contributed by atoms with van der Waals surface area (Å²) in [6, 6.07) is 11.3. The molecule has 0 saturated heterocycles. The lowest BCUT2D eigenvalue weighted by molar-refractivity contribution is 0.102. The second kappa shape index (κ2) is 5.29. The molecule has 0 spiro atoms. The third-order valence-electron chi connectivity index (χ3n) is 3.37. The fraction of sp³-hybridized carbons (Fsp3) is 0.188. The molecule has 0 bridgehead atoms. The predicted octanol–water partition coefficient (Wildman–Crippen LogP) is 3.94. The Morgan fingerprint density at radius 1 is 1.25 bits per heavy atom. The number of anilines is 1. The van der Waals surface area contributed by atoms with Crippen molar-refractivity contribution in [2.45, 2.75) is 13.3 Å². The standard InChI is InChI=1S/C16H14BrNO2/c1-10-8-13(3-4-14(10)17)18-16(19)12-2-5-15-11(9-12)6-7-20-15/h2-5,8-9H,6-7H2,1H3,(H,18,19). The second-order valence-electron chi connectivity index (χ2n) is 4.84. The summed E-state index contributed by atoms with van der Waals surface area (Å²) in [7, 11) is 0. The van der Waals surface area contributed by atoms with Crippen molar-refractivity contribution in [1.29, 1.82) is 0 Å². The van der Waals surface area contributed by atoms with Crippen LogP contribution in [-0.4, -0.2) is 12.5 Å². The number of hydrogen-bond donors (Lipinski definition) is 1. The van der Waals surface area contributed by atoms with Crippen LogP contribution in [0.15, 0.2) is 40.9 Å². The van der Waals surface area contributed by atoms with E-state index in [9.17, 15) is 4.79 Å². The molecule has 0 aliphatic carbocycles. The summed E-state index contributed by atoms with van der Waals surface area (Å²) in [6.07, 6.45) is 0.869. The molecule has 0 radical (unpaired) electrons. The zero-order valence-corrected chi connectivity index (χ0v) is 12.7. The number of amides is 1. The molecule has 2 aromatic carbocycles. The quantitative estimate of drug-likeness (QED) is 0.904. The van der Waals surface area contributed by atoms with E-state index in [-0.39, 0.29) is 5.91 Å². The average molecular weight is 332 g/mol. The molecule has 102 valence electrons. The Morgan fingerprint density at radius 2 is 2.10 bits per heavy atom. The maximum absolute atomic E-state index is 12.2. The van der Waals surface area contributed by atoms with Gasteiger partial charge in [-0.2, -0.15) is 0 Å². The summed E-state index contributed by atoms with van der Waals surface area (Å²) in [5.41, 5.74) is 3.65. The Bertz CT molecular complexity index is 682. The van der Waals surface area contributed by atoms with Crippen LogP contribution in [-0.2, 0) is 6.42 Å². The smallest absolute Gasteiger partial charge is 0.255 e. The maximum Gasteiger partial charge on any atom is 0.255 e. The number of carbonyl (C=O) groups excluding carboxylic acids is 1. The van der Waals surface area contributed by atoms with E-state index in [4.69, 9.17) is 4.74 Å². The monoisotopic (exact) mass is 331 g/mol. The van der Waals surface area contributed by atoms with Crippen LogP contribution in [0.4, 0.5) is 5.69 Å². The minimum atomic E-state index is -0.0959. The number of halogens is 1. The second-order valence-corrected chi connectivity index (χ2v) is 5.69. The lowest BCUT2D eigenvalue weighted by Crippen LogP contribution is -2.12. The topological polar surface area (TPSA) is 38.3 Å². The van der Waals surface area contributed by atoms with Crippen LogP contribution in [0.2, 0.25) is 0 Å². The molecule has 1 aliphatic rings. The van der Waals surface area contributed by atoms with Crippen molar-refractivity contribution in [2.24, 2.45) is 0 Å². The molecule has 0 aromatic heterocycles. The van der Waals surface area contributed by atoms with Crippen LogP contribution in [0.25, 0.3) is 0 Å². The lowest BCUT2D eigenvalue weighted by atomic mass is 10.1. The van der Waals surface area contributed by atoms with Crippen molar-refractivity contribution in [3.63, 3.8) is 0 Å². The van der Waals surface area contributed by atoms with E-state index in [1.165, 1.54) is 0 Å². The van der Waals surface area contributed by atoms with Crippen molar-refractivity contribution < 1.29 is 9.53 Å². The highest BCUT2D eigenvalue weighted by molar-refractivity contribution is 9.10. The molecule has 3 rings (SSSR count). The van der Waals surface area contributed by atoms with E-state index >= 15 is 0 Å². The Labute approximate surface area is 126 Å². The van der Waals surface area contributed by atoms with Gasteiger partial charge in [-0.15, -0.1) is 0 Å². The first kappa shape index (κ1) is 13.2. The van der Waals surface area contributed by atoms with Gasteiger partial charge in [-0.25, -0.2) is 0 Å². The van der Waals surface area contributed by atoms with Gasteiger partial charge in [0.2, 0.25) is 0 Å². The number of carbonyl (C=O) groups is 1. The Hall–Kier alpha value is -1.81. The highest BCUT2D eigenvalue weighted by Crippen LogP contribution is 2.26. The van der Waals surface area contributed by atoms with Gasteiger partial charge in [-0.05, 0) is 54.4 Å². The van der Waals surface area contributed by atoms with Crippen LogP contribution in [0.3, 0.4) is 0 Å². The zero-order valence-electron chi connectivity index (χ0n) is 11.1. The van der Waals surface area contributed by atoms with Gasteiger partial charge in [0.25, 0.3) is 5.91 Å². The minimum absolute atomic E-state index is 0.0959. The van der Waals surface area contributed by atoms with Gasteiger partial charge in [-0.1, -0.05) is 15.9 Å². The van der Waals surface area contributed by atoms with Crippen molar-refractivity contribution >= 4 is 27.5 Å². The summed E-state index contributed by atoms with van der Waals surface area (Å²) in [5, 5.41) is 2.92. The average Bonchev–Trinajstić information content (AvgIpc) is 2.90. The molecule has 1 heterocycles. The van der Waals surface area contributed by atoms with E-state index in [2.05, 4.69) is 21.2 Å². The van der Waals surface area contributed by atoms with Crippen molar-refractivity contribution in [3.05, 3.63) is 57.6 Å². The third-order valence-corrected chi connectivity index (χ3v) is 4.26. The van der Waals surface area contributed by atoms with Crippen molar-refractivity contribution in [3.8, 4) is 5.75 Å². The number of ether oxygens (including phenoxy) is 1. The molecular formula is C16H14BrNO2. The number of fused-ring (bicyclic) bond motifs is 1. The summed E-state index contributed by atoms with van der Waals surface area (Å²) >= 11 is 3.45. The predicted molar refractivity (Wildman–Crippen MR) is 82.5 cm³/mol. The first-order chi connectivity index (χ1) is 9.63. The molecule has 0 saturated carbocycles. The first-order valence-corrected chi connectivity index (χ1v) is 7.26. The molecule has 2 aromatic rings. The Kier molecular flexibility index (Phi) is 3.49. The third kappa shape index (κ3) is 2.56. The molecule has 0 atom stereocenters. The number of hydrogen-bond acceptors (Lipinski definition) is 2. The van der Waals surface area contributed by atoms with Crippen LogP contribution >= 0.6 is 15.9 Å². The SMILES string of the molecule is Cc1cc(NC(=O)c2ccc3c(c2)CCO3)ccc1Br. The Balaban J connectivity index is 1.80. The molecule has 1 N–H and O–H groups in total. The van der Waals surface area contributed by atoms with Gasteiger partial charge in [0.1, 0.15) is 5.75 Å². The number of nitrogens with one attached hydrogen (secondary N) is 1. The summed E-state index contributed by atoms with van der Waals surface area (Å²) in [5.74, 6) is 0.794.